The molecule has 2 aliphatic rings. The first-order valence-electron chi connectivity index (χ1n) is 10.1. The van der Waals surface area contributed by atoms with Crippen molar-refractivity contribution in [2.45, 2.75) is 51.4 Å². The van der Waals surface area contributed by atoms with Crippen molar-refractivity contribution in [1.29, 1.82) is 0 Å². The van der Waals surface area contributed by atoms with Crippen molar-refractivity contribution in [2.24, 2.45) is 16.3 Å². The van der Waals surface area contributed by atoms with Gasteiger partial charge in [0.05, 0.1) is 6.61 Å². The summed E-state index contributed by atoms with van der Waals surface area (Å²) in [6.07, 6.45) is 8.59. The van der Waals surface area contributed by atoms with Gasteiger partial charge in [-0.3, -0.25) is 9.79 Å². The molecule has 0 radical (unpaired) electrons. The highest BCUT2D eigenvalue weighted by Crippen LogP contribution is 2.31. The predicted octanol–water partition coefficient (Wildman–Crippen LogP) is 1.65. The number of amides is 1. The number of hydrogen-bond donors (Lipinski definition) is 4. The molecule has 7 nitrogen and oxygen atoms in total. The molecule has 27 heavy (non-hydrogen) atoms. The third-order valence-electron chi connectivity index (χ3n) is 5.62. The van der Waals surface area contributed by atoms with Gasteiger partial charge >= 0.3 is 0 Å². The summed E-state index contributed by atoms with van der Waals surface area (Å²) < 4.78 is 5.51. The first kappa shape index (κ1) is 24.4. The van der Waals surface area contributed by atoms with Gasteiger partial charge < -0.3 is 25.8 Å². The van der Waals surface area contributed by atoms with Crippen LogP contribution >= 0.6 is 24.0 Å². The zero-order chi connectivity index (χ0) is 18.7. The second kappa shape index (κ2) is 13.5. The van der Waals surface area contributed by atoms with Crippen molar-refractivity contribution in [3.63, 3.8) is 0 Å². The van der Waals surface area contributed by atoms with Crippen LogP contribution in [0.3, 0.4) is 0 Å². The maximum absolute atomic E-state index is 12.0. The molecule has 0 spiro atoms. The summed E-state index contributed by atoms with van der Waals surface area (Å²) in [7, 11) is 1.74. The van der Waals surface area contributed by atoms with Crippen molar-refractivity contribution in [3.05, 3.63) is 0 Å². The number of aliphatic imine (C=N–C) groups is 1. The standard InChI is InChI=1S/C19H36N4O3.HI/c1-20-18(23-14-19(7-11-24)8-12-26-15-19)22-10-9-21-17(25)13-16-5-3-2-4-6-16;/h16,24H,2-15H2,1H3,(H,21,25)(H2,20,22,23);1H. The Bertz CT molecular complexity index is 450. The van der Waals surface area contributed by atoms with E-state index >= 15 is 0 Å². The minimum atomic E-state index is -0.0133. The number of guanidine groups is 1. The molecule has 0 aromatic carbocycles. The van der Waals surface area contributed by atoms with Crippen LogP contribution in [0.2, 0.25) is 0 Å². The fraction of sp³-hybridized carbons (Fsp3) is 0.895. The van der Waals surface area contributed by atoms with E-state index in [0.717, 1.165) is 32.0 Å². The molecule has 1 aliphatic heterocycles. The van der Waals surface area contributed by atoms with E-state index < -0.39 is 0 Å². The lowest BCUT2D eigenvalue weighted by Gasteiger charge is -2.27. The molecular formula is C19H37IN4O3. The van der Waals surface area contributed by atoms with Gasteiger partial charge in [-0.05, 0) is 31.6 Å². The molecule has 2 fully saturated rings. The third-order valence-corrected chi connectivity index (χ3v) is 5.62. The molecule has 0 aromatic rings. The number of aliphatic hydroxyl groups is 1. The summed E-state index contributed by atoms with van der Waals surface area (Å²) >= 11 is 0. The Morgan fingerprint density at radius 2 is 1.93 bits per heavy atom. The van der Waals surface area contributed by atoms with Crippen molar-refractivity contribution >= 4 is 35.8 Å². The maximum atomic E-state index is 12.0. The smallest absolute Gasteiger partial charge is 0.220 e. The first-order chi connectivity index (χ1) is 12.7. The molecule has 1 saturated carbocycles. The molecule has 1 saturated heterocycles. The highest BCUT2D eigenvalue weighted by atomic mass is 127. The van der Waals surface area contributed by atoms with Gasteiger partial charge in [0.15, 0.2) is 5.96 Å². The van der Waals surface area contributed by atoms with Crippen LogP contribution in [0.5, 0.6) is 0 Å². The average molecular weight is 496 g/mol. The van der Waals surface area contributed by atoms with Crippen LogP contribution in [0.1, 0.15) is 51.4 Å². The molecule has 1 atom stereocenters. The summed E-state index contributed by atoms with van der Waals surface area (Å²) in [5.74, 6) is 1.45. The average Bonchev–Trinajstić information content (AvgIpc) is 3.11. The lowest BCUT2D eigenvalue weighted by atomic mass is 9.84. The van der Waals surface area contributed by atoms with Crippen molar-refractivity contribution in [1.82, 2.24) is 16.0 Å². The Labute approximate surface area is 180 Å². The Hall–Kier alpha value is -0.610. The topological polar surface area (TPSA) is 95.0 Å². The molecule has 0 bridgehead atoms. The largest absolute Gasteiger partial charge is 0.396 e. The molecule has 4 N–H and O–H groups in total. The number of nitrogens with zero attached hydrogens (tertiary/aromatic N) is 1. The van der Waals surface area contributed by atoms with Gasteiger partial charge in [0.1, 0.15) is 0 Å². The first-order valence-corrected chi connectivity index (χ1v) is 10.1. The maximum Gasteiger partial charge on any atom is 0.220 e. The monoisotopic (exact) mass is 496 g/mol. The molecule has 1 aliphatic carbocycles. The van der Waals surface area contributed by atoms with Gasteiger partial charge in [0.2, 0.25) is 5.91 Å². The zero-order valence-corrected chi connectivity index (χ0v) is 18.9. The van der Waals surface area contributed by atoms with Gasteiger partial charge in [0, 0.05) is 51.7 Å². The number of hydrogen-bond acceptors (Lipinski definition) is 4. The normalized spacial score (nSPS) is 23.6. The molecule has 2 rings (SSSR count). The lowest BCUT2D eigenvalue weighted by Crippen LogP contribution is -2.46. The summed E-state index contributed by atoms with van der Waals surface area (Å²) in [5, 5.41) is 18.8. The summed E-state index contributed by atoms with van der Waals surface area (Å²) in [6, 6.07) is 0. The van der Waals surface area contributed by atoms with E-state index in [1.54, 1.807) is 7.05 Å². The zero-order valence-electron chi connectivity index (χ0n) is 16.6. The van der Waals surface area contributed by atoms with E-state index in [0.29, 0.717) is 32.0 Å². The summed E-state index contributed by atoms with van der Waals surface area (Å²) in [5.41, 5.74) is -0.0133. The minimum absolute atomic E-state index is 0. The van der Waals surface area contributed by atoms with Gasteiger partial charge in [-0.15, -0.1) is 24.0 Å². The van der Waals surface area contributed by atoms with Crippen LogP contribution in [-0.4, -0.2) is 63.5 Å². The van der Waals surface area contributed by atoms with Gasteiger partial charge in [-0.1, -0.05) is 19.3 Å². The van der Waals surface area contributed by atoms with Crippen molar-refractivity contribution in [2.75, 3.05) is 46.5 Å². The number of halogens is 1. The van der Waals surface area contributed by atoms with E-state index in [1.807, 2.05) is 0 Å². The highest BCUT2D eigenvalue weighted by Gasteiger charge is 2.34. The van der Waals surface area contributed by atoms with Crippen LogP contribution in [0, 0.1) is 11.3 Å². The van der Waals surface area contributed by atoms with Gasteiger partial charge in [-0.2, -0.15) is 0 Å². The van der Waals surface area contributed by atoms with Crippen LogP contribution in [0.4, 0.5) is 0 Å². The molecule has 158 valence electrons. The van der Waals surface area contributed by atoms with E-state index in [1.165, 1.54) is 32.1 Å². The van der Waals surface area contributed by atoms with Crippen molar-refractivity contribution in [3.8, 4) is 0 Å². The number of rotatable bonds is 9. The van der Waals surface area contributed by atoms with Crippen LogP contribution in [0.25, 0.3) is 0 Å². The number of carbonyl (C=O) groups is 1. The molecule has 0 aromatic heterocycles. The van der Waals surface area contributed by atoms with E-state index in [2.05, 4.69) is 20.9 Å². The molecule has 1 heterocycles. The second-order valence-electron chi connectivity index (χ2n) is 7.69. The quantitative estimate of drug-likeness (QED) is 0.169. The lowest BCUT2D eigenvalue weighted by molar-refractivity contribution is -0.122. The van der Waals surface area contributed by atoms with Crippen LogP contribution < -0.4 is 16.0 Å². The van der Waals surface area contributed by atoms with Crippen LogP contribution in [0.15, 0.2) is 4.99 Å². The number of carbonyl (C=O) groups excluding carboxylic acids is 1. The van der Waals surface area contributed by atoms with E-state index in [9.17, 15) is 9.90 Å². The van der Waals surface area contributed by atoms with Crippen LogP contribution in [-0.2, 0) is 9.53 Å². The molecule has 1 amide bonds. The minimum Gasteiger partial charge on any atom is -0.396 e. The van der Waals surface area contributed by atoms with Gasteiger partial charge in [0.25, 0.3) is 0 Å². The Morgan fingerprint density at radius 3 is 2.56 bits per heavy atom. The Kier molecular flexibility index (Phi) is 12.3. The number of ether oxygens (including phenoxy) is 1. The molecular weight excluding hydrogens is 459 g/mol. The fourth-order valence-corrected chi connectivity index (χ4v) is 3.91. The number of nitrogens with one attached hydrogen (secondary N) is 3. The summed E-state index contributed by atoms with van der Waals surface area (Å²) in [4.78, 5) is 16.2. The Balaban J connectivity index is 0.00000364. The second-order valence-corrected chi connectivity index (χ2v) is 7.69. The van der Waals surface area contributed by atoms with Crippen molar-refractivity contribution < 1.29 is 14.6 Å². The summed E-state index contributed by atoms with van der Waals surface area (Å²) in [6.45, 7) is 3.55. The highest BCUT2D eigenvalue weighted by molar-refractivity contribution is 14.0. The molecule has 8 heteroatoms. The SMILES string of the molecule is CN=C(NCCNC(=O)CC1CCCCC1)NCC1(CCO)CCOC1.I. The number of aliphatic hydroxyl groups excluding tert-OH is 1. The molecule has 1 unspecified atom stereocenters. The Morgan fingerprint density at radius 1 is 1.19 bits per heavy atom. The fourth-order valence-electron chi connectivity index (χ4n) is 3.91. The van der Waals surface area contributed by atoms with Gasteiger partial charge in [-0.25, -0.2) is 0 Å². The van der Waals surface area contributed by atoms with E-state index in [-0.39, 0.29) is 41.9 Å². The van der Waals surface area contributed by atoms with E-state index in [4.69, 9.17) is 4.74 Å². The predicted molar refractivity (Wildman–Crippen MR) is 119 cm³/mol. The third kappa shape index (κ3) is 8.95.